The zero-order valence-electron chi connectivity index (χ0n) is 13.7. The first-order valence-corrected chi connectivity index (χ1v) is 6.55. The molecule has 5 heteroatoms. The molecule has 4 nitrogen and oxygen atoms in total. The van der Waals surface area contributed by atoms with Crippen LogP contribution in [0.15, 0.2) is 60.7 Å². The van der Waals surface area contributed by atoms with Crippen molar-refractivity contribution in [2.75, 3.05) is 7.11 Å². The molecule has 0 saturated heterocycles. The van der Waals surface area contributed by atoms with Crippen LogP contribution in [0.1, 0.15) is 18.9 Å². The molecule has 0 N–H and O–H groups in total. The van der Waals surface area contributed by atoms with Gasteiger partial charge in [-0.15, -0.1) is 0 Å². The molecule has 0 aromatic heterocycles. The predicted molar refractivity (Wildman–Crippen MR) is 86.2 cm³/mol. The van der Waals surface area contributed by atoms with Crippen LogP contribution < -0.4 is 4.74 Å². The zero-order valence-corrected chi connectivity index (χ0v) is 14.8. The molecule has 0 atom stereocenters. The molecule has 0 aliphatic heterocycles. The number of hydrogen-bond donors (Lipinski definition) is 0. The fourth-order valence-electron chi connectivity index (χ4n) is 1.49. The second-order valence-corrected chi connectivity index (χ2v) is 3.73. The number of aryl methyl sites for hydroxylation is 1. The van der Waals surface area contributed by atoms with Gasteiger partial charge < -0.3 is 4.74 Å². The minimum Gasteiger partial charge on any atom is 0 e. The Morgan fingerprint density at radius 1 is 0.958 bits per heavy atom. The van der Waals surface area contributed by atoms with Crippen LogP contribution in [0.2, 0.25) is 0 Å². The number of ether oxygens (including phenoxy) is 1. The quantitative estimate of drug-likeness (QED) is 0.321. The predicted octanol–water partition coefficient (Wildman–Crippen LogP) is 4.20. The van der Waals surface area contributed by atoms with Crippen LogP contribution in [0.25, 0.3) is 0 Å². The maximum atomic E-state index is 7.50. The molecule has 0 aliphatic carbocycles. The fraction of sp³-hybridized carbons (Fsp3) is 0.211. The van der Waals surface area contributed by atoms with Gasteiger partial charge in [0.15, 0.2) is 0 Å². The summed E-state index contributed by atoms with van der Waals surface area (Å²) in [4.78, 5) is 0. The Morgan fingerprint density at radius 2 is 1.54 bits per heavy atom. The zero-order chi connectivity index (χ0) is 18.3. The summed E-state index contributed by atoms with van der Waals surface area (Å²) in [7, 11) is 1.70. The number of methoxy groups -OCH3 is 1. The van der Waals surface area contributed by atoms with E-state index < -0.39 is 0 Å². The van der Waals surface area contributed by atoms with Gasteiger partial charge in [-0.2, -0.15) is 0 Å². The Bertz CT molecular complexity index is 511. The molecule has 0 heterocycles. The van der Waals surface area contributed by atoms with Crippen molar-refractivity contribution in [2.24, 2.45) is 0 Å². The van der Waals surface area contributed by atoms with Crippen LogP contribution in [0.5, 0.6) is 5.75 Å². The Balaban J connectivity index is -0.000000256. The van der Waals surface area contributed by atoms with E-state index >= 15 is 0 Å². The van der Waals surface area contributed by atoms with E-state index in [4.69, 9.17) is 18.7 Å². The Kier molecular flexibility index (Phi) is 36.2. The van der Waals surface area contributed by atoms with E-state index in [0.29, 0.717) is 0 Å². The van der Waals surface area contributed by atoms with Crippen LogP contribution in [0.4, 0.5) is 0 Å². The normalized spacial score (nSPS) is 8.67. The molecule has 24 heavy (non-hydrogen) atoms. The fourth-order valence-corrected chi connectivity index (χ4v) is 1.49. The summed E-state index contributed by atoms with van der Waals surface area (Å²) >= 11 is 0. The summed E-state index contributed by atoms with van der Waals surface area (Å²) in [5.41, 5.74) is 1.31. The van der Waals surface area contributed by atoms with Gasteiger partial charge >= 0.3 is 33.9 Å². The molecule has 0 aliphatic rings. The molecule has 0 unspecified atom stereocenters. The van der Waals surface area contributed by atoms with Gasteiger partial charge in [0.1, 0.15) is 5.75 Å². The van der Waals surface area contributed by atoms with E-state index in [0.717, 1.165) is 18.6 Å². The van der Waals surface area contributed by atoms with Crippen LogP contribution in [0, 0.1) is 20.0 Å². The molecule has 0 saturated carbocycles. The van der Waals surface area contributed by atoms with Gasteiger partial charge in [0.05, 0.1) is 7.11 Å². The van der Waals surface area contributed by atoms with Crippen molar-refractivity contribution in [2.45, 2.75) is 19.8 Å². The number of allylic oxidation sites excluding steroid dienone is 6. The Morgan fingerprint density at radius 3 is 2.08 bits per heavy atom. The van der Waals surface area contributed by atoms with Crippen molar-refractivity contribution < 1.29 is 35.8 Å². The first-order valence-electron chi connectivity index (χ1n) is 6.55. The molecular weight excluding hydrogens is 348 g/mol. The molecule has 0 fully saturated rings. The molecule has 128 valence electrons. The maximum Gasteiger partial charge on any atom is 0 e. The van der Waals surface area contributed by atoms with E-state index in [1.165, 1.54) is 5.56 Å². The minimum absolute atomic E-state index is 0. The van der Waals surface area contributed by atoms with Gasteiger partial charge in [-0.3, -0.25) is 0 Å². The van der Waals surface area contributed by atoms with Crippen LogP contribution >= 0.6 is 0 Å². The van der Waals surface area contributed by atoms with E-state index in [1.807, 2.05) is 43.4 Å². The second-order valence-electron chi connectivity index (χ2n) is 3.73. The first-order chi connectivity index (χ1) is 11.4. The maximum absolute atomic E-state index is 7.50. The second kappa shape index (κ2) is 29.0. The molecule has 0 spiro atoms. The van der Waals surface area contributed by atoms with Crippen molar-refractivity contribution in [3.63, 3.8) is 0 Å². The number of rotatable bonds is 6. The average Bonchev–Trinajstić information content (AvgIpc) is 2.66. The first kappa shape index (κ1) is 29.9. The third kappa shape index (κ3) is 20.0. The van der Waals surface area contributed by atoms with Crippen LogP contribution in [-0.2, 0) is 37.4 Å². The van der Waals surface area contributed by atoms with Crippen molar-refractivity contribution >= 4 is 0 Å². The molecule has 1 aromatic carbocycles. The van der Waals surface area contributed by atoms with E-state index in [-0.39, 0.29) is 17.1 Å². The van der Waals surface area contributed by atoms with Gasteiger partial charge in [0.2, 0.25) is 0 Å². The SMILES string of the molecule is C/C=C/C=C/C=C/CCc1cccc(OC)c1.[C-]#[O+].[C-]#[O+].[C-]#[O+].[Fe]. The largest absolute Gasteiger partial charge is 0 e. The number of benzene rings is 1. The van der Waals surface area contributed by atoms with Gasteiger partial charge in [-0.05, 0) is 37.5 Å². The third-order valence-electron chi connectivity index (χ3n) is 2.40. The summed E-state index contributed by atoms with van der Waals surface area (Å²) < 4.78 is 27.7. The van der Waals surface area contributed by atoms with Gasteiger partial charge in [0, 0.05) is 17.1 Å². The molecule has 1 aromatic rings. The van der Waals surface area contributed by atoms with Crippen molar-refractivity contribution in [3.8, 4) is 5.75 Å². The standard InChI is InChI=1S/C16H20O.3CO.Fe/c1-3-4-5-6-7-8-9-11-15-12-10-13-16(14-15)17-2;3*1-2;/h3-8,10,12-14H,9,11H2,1-2H3;;;;/b4-3+,6-5+,8-7+;;;;. The van der Waals surface area contributed by atoms with Crippen molar-refractivity contribution in [1.29, 1.82) is 0 Å². The Hall–Kier alpha value is -2.02. The monoisotopic (exact) mass is 368 g/mol. The summed E-state index contributed by atoms with van der Waals surface area (Å²) in [6, 6.07) is 8.22. The van der Waals surface area contributed by atoms with Crippen molar-refractivity contribution in [3.05, 3.63) is 86.2 Å². The van der Waals surface area contributed by atoms with Crippen LogP contribution in [-0.4, -0.2) is 7.11 Å². The topological polar surface area (TPSA) is 68.9 Å². The van der Waals surface area contributed by atoms with Gasteiger partial charge in [-0.25, -0.2) is 0 Å². The van der Waals surface area contributed by atoms with Gasteiger partial charge in [0.25, 0.3) is 0 Å². The molecule has 1 rings (SSSR count). The van der Waals surface area contributed by atoms with Crippen LogP contribution in [0.3, 0.4) is 0 Å². The van der Waals surface area contributed by atoms with E-state index in [1.54, 1.807) is 7.11 Å². The average molecular weight is 368 g/mol. The van der Waals surface area contributed by atoms with E-state index in [2.05, 4.69) is 44.2 Å². The van der Waals surface area contributed by atoms with Crippen molar-refractivity contribution in [1.82, 2.24) is 0 Å². The molecule has 0 bridgehead atoms. The minimum atomic E-state index is 0. The summed E-state index contributed by atoms with van der Waals surface area (Å²) in [5.74, 6) is 0.930. The number of hydrogen-bond acceptors (Lipinski definition) is 1. The Labute approximate surface area is 154 Å². The molecular formula is C19H20FeO4. The van der Waals surface area contributed by atoms with Gasteiger partial charge in [-0.1, -0.05) is 48.6 Å². The third-order valence-corrected chi connectivity index (χ3v) is 2.40. The summed E-state index contributed by atoms with van der Waals surface area (Å²) in [5, 5.41) is 0. The van der Waals surface area contributed by atoms with E-state index in [9.17, 15) is 0 Å². The molecule has 0 amide bonds. The summed E-state index contributed by atoms with van der Waals surface area (Å²) in [6.07, 6.45) is 14.5. The smallest absolute Gasteiger partial charge is 0 e. The summed E-state index contributed by atoms with van der Waals surface area (Å²) in [6.45, 7) is 15.5. The molecule has 0 radical (unpaired) electrons.